The van der Waals surface area contributed by atoms with Crippen LogP contribution < -0.4 is 0 Å². The Labute approximate surface area is 181 Å². The number of hydrogen-bond acceptors (Lipinski definition) is 1. The van der Waals surface area contributed by atoms with E-state index in [4.69, 9.17) is 0 Å². The topological polar surface area (TPSA) is 3.24 Å². The molecule has 2 aliphatic heterocycles. The maximum absolute atomic E-state index is 3.44. The Morgan fingerprint density at radius 2 is 1.93 bits per heavy atom. The van der Waals surface area contributed by atoms with Gasteiger partial charge in [0.1, 0.15) is 0 Å². The van der Waals surface area contributed by atoms with Crippen molar-refractivity contribution >= 4 is 5.57 Å². The first kappa shape index (κ1) is 19.2. The van der Waals surface area contributed by atoms with Crippen molar-refractivity contribution in [2.24, 2.45) is 11.8 Å². The maximum atomic E-state index is 3.44. The zero-order valence-corrected chi connectivity index (χ0v) is 18.4. The van der Waals surface area contributed by atoms with Crippen LogP contribution in [0.2, 0.25) is 0 Å². The van der Waals surface area contributed by atoms with E-state index in [0.717, 1.165) is 24.5 Å². The molecule has 0 N–H and O–H groups in total. The minimum absolute atomic E-state index is 0.511. The summed E-state index contributed by atoms with van der Waals surface area (Å²) in [5.41, 5.74) is 12.9. The molecule has 1 fully saturated rings. The summed E-state index contributed by atoms with van der Waals surface area (Å²) in [4.78, 5) is 2.29. The molecule has 30 heavy (non-hydrogen) atoms. The summed E-state index contributed by atoms with van der Waals surface area (Å²) in [5, 5.41) is 0. The van der Waals surface area contributed by atoms with Gasteiger partial charge in [0.05, 0.1) is 5.70 Å². The van der Waals surface area contributed by atoms with Gasteiger partial charge in [-0.25, -0.2) is 0 Å². The Hall–Kier alpha value is -2.76. The molecule has 0 amide bonds. The van der Waals surface area contributed by atoms with Crippen LogP contribution in [0.15, 0.2) is 95.2 Å². The minimum atomic E-state index is 0.511. The SMILES string of the molecule is CC1=CCC=C=C2C=CC(C3=C(c4cccc(C5CC5)c4)C(C)C(C)CC=C3)=CN21. The fourth-order valence-corrected chi connectivity index (χ4v) is 4.83. The van der Waals surface area contributed by atoms with E-state index >= 15 is 0 Å². The fourth-order valence-electron chi connectivity index (χ4n) is 4.83. The molecule has 1 aromatic carbocycles. The second-order valence-corrected chi connectivity index (χ2v) is 9.23. The number of benzene rings is 1. The van der Waals surface area contributed by atoms with Gasteiger partial charge in [0, 0.05) is 11.9 Å². The first-order chi connectivity index (χ1) is 14.6. The van der Waals surface area contributed by atoms with Gasteiger partial charge in [-0.05, 0) is 90.4 Å². The Bertz CT molecular complexity index is 1080. The van der Waals surface area contributed by atoms with Crippen molar-refractivity contribution in [1.29, 1.82) is 0 Å². The summed E-state index contributed by atoms with van der Waals surface area (Å²) >= 11 is 0. The highest BCUT2D eigenvalue weighted by Crippen LogP contribution is 2.44. The summed E-state index contributed by atoms with van der Waals surface area (Å²) in [6.07, 6.45) is 20.7. The lowest BCUT2D eigenvalue weighted by atomic mass is 9.80. The summed E-state index contributed by atoms with van der Waals surface area (Å²) in [6, 6.07) is 9.37. The van der Waals surface area contributed by atoms with Crippen LogP contribution in [0.3, 0.4) is 0 Å². The van der Waals surface area contributed by atoms with Gasteiger partial charge < -0.3 is 4.90 Å². The largest absolute Gasteiger partial charge is 0.314 e. The Balaban J connectivity index is 1.66. The van der Waals surface area contributed by atoms with E-state index in [0.29, 0.717) is 11.8 Å². The van der Waals surface area contributed by atoms with Gasteiger partial charge in [-0.1, -0.05) is 68.1 Å². The zero-order chi connectivity index (χ0) is 20.7. The van der Waals surface area contributed by atoms with Gasteiger partial charge in [-0.3, -0.25) is 0 Å². The third kappa shape index (κ3) is 3.59. The van der Waals surface area contributed by atoms with Gasteiger partial charge in [-0.15, -0.1) is 0 Å². The predicted octanol–water partition coefficient (Wildman–Crippen LogP) is 7.65. The second kappa shape index (κ2) is 7.82. The van der Waals surface area contributed by atoms with Crippen molar-refractivity contribution in [2.45, 2.75) is 52.4 Å². The molecule has 4 aliphatic rings. The quantitative estimate of drug-likeness (QED) is 0.477. The van der Waals surface area contributed by atoms with Crippen LogP contribution in [0.5, 0.6) is 0 Å². The van der Waals surface area contributed by atoms with Gasteiger partial charge >= 0.3 is 0 Å². The molecule has 1 aromatic rings. The van der Waals surface area contributed by atoms with E-state index in [9.17, 15) is 0 Å². The smallest absolute Gasteiger partial charge is 0.0879 e. The molecule has 1 saturated carbocycles. The second-order valence-electron chi connectivity index (χ2n) is 9.23. The highest BCUT2D eigenvalue weighted by Gasteiger charge is 2.27. The molecule has 1 nitrogen and oxygen atoms in total. The zero-order valence-electron chi connectivity index (χ0n) is 18.4. The molecule has 0 spiro atoms. The minimum Gasteiger partial charge on any atom is -0.314 e. The molecule has 2 heterocycles. The summed E-state index contributed by atoms with van der Waals surface area (Å²) in [7, 11) is 0. The van der Waals surface area contributed by atoms with Crippen LogP contribution >= 0.6 is 0 Å². The lowest BCUT2D eigenvalue weighted by molar-refractivity contribution is 0.480. The summed E-state index contributed by atoms with van der Waals surface area (Å²) in [6.45, 7) is 6.99. The Morgan fingerprint density at radius 1 is 1.07 bits per heavy atom. The number of fused-ring (bicyclic) bond motifs is 1. The van der Waals surface area contributed by atoms with E-state index in [2.05, 4.69) is 98.3 Å². The van der Waals surface area contributed by atoms with Crippen LogP contribution in [-0.2, 0) is 0 Å². The maximum Gasteiger partial charge on any atom is 0.0879 e. The van der Waals surface area contributed by atoms with Crippen LogP contribution in [-0.4, -0.2) is 4.90 Å². The third-order valence-electron chi connectivity index (χ3n) is 7.06. The van der Waals surface area contributed by atoms with Crippen molar-refractivity contribution in [2.75, 3.05) is 0 Å². The third-order valence-corrected chi connectivity index (χ3v) is 7.06. The average molecular weight is 394 g/mol. The van der Waals surface area contributed by atoms with Crippen molar-refractivity contribution in [3.05, 3.63) is 106 Å². The molecule has 5 rings (SSSR count). The van der Waals surface area contributed by atoms with Crippen molar-refractivity contribution < 1.29 is 0 Å². The summed E-state index contributed by atoms with van der Waals surface area (Å²) in [5.74, 6) is 1.92. The normalized spacial score (nSPS) is 26.0. The lowest BCUT2D eigenvalue weighted by Gasteiger charge is -2.28. The molecule has 152 valence electrons. The molecule has 0 bridgehead atoms. The number of hydrogen-bond donors (Lipinski definition) is 0. The number of rotatable bonds is 3. The lowest BCUT2D eigenvalue weighted by Crippen LogP contribution is -2.17. The molecule has 2 aliphatic carbocycles. The number of allylic oxidation sites excluding steroid dienone is 9. The number of nitrogens with zero attached hydrogens (tertiary/aromatic N) is 1. The van der Waals surface area contributed by atoms with Crippen molar-refractivity contribution in [1.82, 2.24) is 4.90 Å². The molecule has 0 saturated heterocycles. The molecule has 0 radical (unpaired) electrons. The van der Waals surface area contributed by atoms with Gasteiger partial charge in [0.15, 0.2) is 0 Å². The van der Waals surface area contributed by atoms with Gasteiger partial charge in [0.2, 0.25) is 0 Å². The van der Waals surface area contributed by atoms with E-state index in [1.54, 1.807) is 0 Å². The van der Waals surface area contributed by atoms with Gasteiger partial charge in [-0.2, -0.15) is 0 Å². The van der Waals surface area contributed by atoms with E-state index in [1.807, 2.05) is 0 Å². The monoisotopic (exact) mass is 393 g/mol. The molecule has 0 aromatic heterocycles. The van der Waals surface area contributed by atoms with Crippen LogP contribution in [0.1, 0.15) is 63.5 Å². The van der Waals surface area contributed by atoms with E-state index < -0.39 is 0 Å². The van der Waals surface area contributed by atoms with E-state index in [-0.39, 0.29) is 0 Å². The molecular formula is C29H31N. The van der Waals surface area contributed by atoms with Gasteiger partial charge in [0.25, 0.3) is 0 Å². The standard InChI is InChI=1S/C29H31N/c1-20-8-6-13-28(26-16-17-27-12-5-4-9-21(2)30(27)19-26)29(22(20)3)25-11-7-10-24(18-25)23-14-15-23/h5-7,9-11,13,16-20,22-23H,4,8,14-15H2,1-3H3. The average Bonchev–Trinajstić information content (AvgIpc) is 3.62. The highest BCUT2D eigenvalue weighted by atomic mass is 15.1. The van der Waals surface area contributed by atoms with Crippen molar-refractivity contribution in [3.8, 4) is 0 Å². The summed E-state index contributed by atoms with van der Waals surface area (Å²) < 4.78 is 0. The van der Waals surface area contributed by atoms with Crippen LogP contribution in [0.25, 0.3) is 5.57 Å². The molecule has 2 unspecified atom stereocenters. The Morgan fingerprint density at radius 3 is 2.77 bits per heavy atom. The first-order valence-corrected chi connectivity index (χ1v) is 11.4. The molecule has 1 heteroatoms. The molecule has 2 atom stereocenters. The molecular weight excluding hydrogens is 362 g/mol. The van der Waals surface area contributed by atoms with Crippen LogP contribution in [0.4, 0.5) is 0 Å². The Kier molecular flexibility index (Phi) is 5.01. The van der Waals surface area contributed by atoms with E-state index in [1.165, 1.54) is 46.4 Å². The predicted molar refractivity (Wildman–Crippen MR) is 126 cm³/mol. The van der Waals surface area contributed by atoms with Crippen LogP contribution in [0, 0.1) is 11.8 Å². The highest BCUT2D eigenvalue weighted by molar-refractivity contribution is 5.79. The first-order valence-electron chi connectivity index (χ1n) is 11.4. The fraction of sp³-hybridized carbons (Fsp3) is 0.345. The van der Waals surface area contributed by atoms with Crippen molar-refractivity contribution in [3.63, 3.8) is 0 Å².